The zero-order valence-corrected chi connectivity index (χ0v) is 12.0. The van der Waals surface area contributed by atoms with Crippen LogP contribution in [0.15, 0.2) is 30.3 Å². The molecule has 2 amide bonds. The SMILES string of the molecule is O=C(C1COCC(=O)N1Cc1ccccc1)N1CCCC1. The van der Waals surface area contributed by atoms with Crippen molar-refractivity contribution in [3.05, 3.63) is 35.9 Å². The number of benzene rings is 1. The Bertz CT molecular complexity index is 512. The molecule has 1 atom stereocenters. The fourth-order valence-corrected chi connectivity index (χ4v) is 2.94. The molecule has 0 radical (unpaired) electrons. The van der Waals surface area contributed by atoms with Crippen molar-refractivity contribution in [3.8, 4) is 0 Å². The van der Waals surface area contributed by atoms with E-state index in [1.54, 1.807) is 4.90 Å². The van der Waals surface area contributed by atoms with Crippen molar-refractivity contribution in [1.29, 1.82) is 0 Å². The third kappa shape index (κ3) is 3.08. The fraction of sp³-hybridized carbons (Fsp3) is 0.500. The van der Waals surface area contributed by atoms with Crippen molar-refractivity contribution in [2.45, 2.75) is 25.4 Å². The van der Waals surface area contributed by atoms with Crippen molar-refractivity contribution in [1.82, 2.24) is 9.80 Å². The molecule has 21 heavy (non-hydrogen) atoms. The van der Waals surface area contributed by atoms with Gasteiger partial charge in [-0.25, -0.2) is 0 Å². The van der Waals surface area contributed by atoms with E-state index in [1.165, 1.54) is 0 Å². The van der Waals surface area contributed by atoms with Crippen LogP contribution in [-0.2, 0) is 20.9 Å². The Balaban J connectivity index is 1.76. The van der Waals surface area contributed by atoms with Crippen LogP contribution in [0.2, 0.25) is 0 Å². The second kappa shape index (κ2) is 6.26. The molecule has 0 spiro atoms. The first kappa shape index (κ1) is 14.1. The fourth-order valence-electron chi connectivity index (χ4n) is 2.94. The number of carbonyl (C=O) groups excluding carboxylic acids is 2. The van der Waals surface area contributed by atoms with E-state index in [0.29, 0.717) is 13.2 Å². The van der Waals surface area contributed by atoms with Crippen LogP contribution >= 0.6 is 0 Å². The van der Waals surface area contributed by atoms with Crippen molar-refractivity contribution >= 4 is 11.8 Å². The summed E-state index contributed by atoms with van der Waals surface area (Å²) < 4.78 is 5.30. The van der Waals surface area contributed by atoms with Gasteiger partial charge >= 0.3 is 0 Å². The minimum atomic E-state index is -0.482. The predicted molar refractivity (Wildman–Crippen MR) is 77.4 cm³/mol. The average molecular weight is 288 g/mol. The number of amides is 2. The van der Waals surface area contributed by atoms with Crippen molar-refractivity contribution in [2.24, 2.45) is 0 Å². The number of likely N-dealkylation sites (tertiary alicyclic amines) is 1. The Morgan fingerprint density at radius 2 is 1.90 bits per heavy atom. The number of nitrogens with zero attached hydrogens (tertiary/aromatic N) is 2. The quantitative estimate of drug-likeness (QED) is 0.835. The summed E-state index contributed by atoms with van der Waals surface area (Å²) in [5.41, 5.74) is 1.03. The second-order valence-corrected chi connectivity index (χ2v) is 5.57. The number of ether oxygens (including phenoxy) is 1. The molecule has 2 aliphatic rings. The van der Waals surface area contributed by atoms with Crippen LogP contribution in [0.3, 0.4) is 0 Å². The molecule has 0 N–H and O–H groups in total. The van der Waals surface area contributed by atoms with E-state index in [4.69, 9.17) is 4.74 Å². The van der Waals surface area contributed by atoms with Gasteiger partial charge in [0.1, 0.15) is 12.6 Å². The van der Waals surface area contributed by atoms with Gasteiger partial charge in [0.2, 0.25) is 11.8 Å². The van der Waals surface area contributed by atoms with E-state index in [1.807, 2.05) is 35.2 Å². The first-order valence-corrected chi connectivity index (χ1v) is 7.45. The Morgan fingerprint density at radius 3 is 2.62 bits per heavy atom. The van der Waals surface area contributed by atoms with Crippen molar-refractivity contribution < 1.29 is 14.3 Å². The molecule has 0 aliphatic carbocycles. The summed E-state index contributed by atoms with van der Waals surface area (Å²) in [4.78, 5) is 28.3. The van der Waals surface area contributed by atoms with Gasteiger partial charge in [0.05, 0.1) is 6.61 Å². The summed E-state index contributed by atoms with van der Waals surface area (Å²) in [6.07, 6.45) is 2.10. The van der Waals surface area contributed by atoms with E-state index in [2.05, 4.69) is 0 Å². The normalized spacial score (nSPS) is 22.7. The number of rotatable bonds is 3. The van der Waals surface area contributed by atoms with Gasteiger partial charge in [-0.1, -0.05) is 30.3 Å². The standard InChI is InChI=1S/C16H20N2O3/c19-15-12-21-11-14(16(20)17-8-4-5-9-17)18(15)10-13-6-2-1-3-7-13/h1-3,6-7,14H,4-5,8-12H2. The molecule has 3 rings (SSSR count). The Labute approximate surface area is 124 Å². The lowest BCUT2D eigenvalue weighted by Gasteiger charge is -2.36. The van der Waals surface area contributed by atoms with E-state index < -0.39 is 6.04 Å². The first-order valence-electron chi connectivity index (χ1n) is 7.45. The molecule has 2 aliphatic heterocycles. The van der Waals surface area contributed by atoms with Crippen LogP contribution in [0, 0.1) is 0 Å². The van der Waals surface area contributed by atoms with Gasteiger partial charge in [0.15, 0.2) is 0 Å². The minimum Gasteiger partial charge on any atom is -0.369 e. The number of morpholine rings is 1. The van der Waals surface area contributed by atoms with E-state index in [9.17, 15) is 9.59 Å². The topological polar surface area (TPSA) is 49.9 Å². The smallest absolute Gasteiger partial charge is 0.249 e. The highest BCUT2D eigenvalue weighted by molar-refractivity contribution is 5.89. The molecule has 5 nitrogen and oxygen atoms in total. The van der Waals surface area contributed by atoms with Crippen LogP contribution in [0.4, 0.5) is 0 Å². The summed E-state index contributed by atoms with van der Waals surface area (Å²) in [7, 11) is 0. The molecule has 1 aromatic rings. The summed E-state index contributed by atoms with van der Waals surface area (Å²) in [6, 6.07) is 9.29. The molecule has 0 bridgehead atoms. The molecule has 0 saturated carbocycles. The van der Waals surface area contributed by atoms with Gasteiger partial charge in [-0.15, -0.1) is 0 Å². The molecular formula is C16H20N2O3. The molecule has 0 aromatic heterocycles. The predicted octanol–water partition coefficient (Wildman–Crippen LogP) is 1.04. The van der Waals surface area contributed by atoms with Gasteiger partial charge in [-0.2, -0.15) is 0 Å². The maximum atomic E-state index is 12.6. The second-order valence-electron chi connectivity index (χ2n) is 5.57. The van der Waals surface area contributed by atoms with Crippen molar-refractivity contribution in [3.63, 3.8) is 0 Å². The largest absolute Gasteiger partial charge is 0.369 e. The first-order chi connectivity index (χ1) is 10.3. The molecule has 5 heteroatoms. The highest BCUT2D eigenvalue weighted by atomic mass is 16.5. The third-order valence-electron chi connectivity index (χ3n) is 4.10. The zero-order chi connectivity index (χ0) is 14.7. The Morgan fingerprint density at radius 1 is 1.19 bits per heavy atom. The maximum Gasteiger partial charge on any atom is 0.249 e. The number of hydrogen-bond acceptors (Lipinski definition) is 3. The highest BCUT2D eigenvalue weighted by Crippen LogP contribution is 2.18. The molecule has 1 aromatic carbocycles. The lowest BCUT2D eigenvalue weighted by atomic mass is 10.1. The highest BCUT2D eigenvalue weighted by Gasteiger charge is 2.37. The van der Waals surface area contributed by atoms with Crippen LogP contribution in [-0.4, -0.2) is 54.0 Å². The van der Waals surface area contributed by atoms with E-state index >= 15 is 0 Å². The van der Waals surface area contributed by atoms with E-state index in [-0.39, 0.29) is 18.4 Å². The molecular weight excluding hydrogens is 268 g/mol. The minimum absolute atomic E-state index is 0.0245. The summed E-state index contributed by atoms with van der Waals surface area (Å²) in [5, 5.41) is 0. The summed E-state index contributed by atoms with van der Waals surface area (Å²) >= 11 is 0. The van der Waals surface area contributed by atoms with Crippen LogP contribution in [0.25, 0.3) is 0 Å². The Kier molecular flexibility index (Phi) is 4.20. The van der Waals surface area contributed by atoms with Gasteiger partial charge in [-0.3, -0.25) is 9.59 Å². The molecule has 2 saturated heterocycles. The lowest BCUT2D eigenvalue weighted by Crippen LogP contribution is -2.56. The summed E-state index contributed by atoms with van der Waals surface area (Å²) in [6.45, 7) is 2.42. The molecule has 1 unspecified atom stereocenters. The molecule has 2 fully saturated rings. The third-order valence-corrected chi connectivity index (χ3v) is 4.10. The Hall–Kier alpha value is -1.88. The van der Waals surface area contributed by atoms with Gasteiger partial charge in [0.25, 0.3) is 0 Å². The zero-order valence-electron chi connectivity index (χ0n) is 12.0. The lowest BCUT2D eigenvalue weighted by molar-refractivity contribution is -0.159. The number of hydrogen-bond donors (Lipinski definition) is 0. The van der Waals surface area contributed by atoms with Crippen molar-refractivity contribution in [2.75, 3.05) is 26.3 Å². The average Bonchev–Trinajstić information content (AvgIpc) is 3.04. The molecule has 112 valence electrons. The molecule has 2 heterocycles. The summed E-state index contributed by atoms with van der Waals surface area (Å²) in [5.74, 6) is -0.0841. The number of carbonyl (C=O) groups is 2. The maximum absolute atomic E-state index is 12.6. The monoisotopic (exact) mass is 288 g/mol. The van der Waals surface area contributed by atoms with Gasteiger partial charge < -0.3 is 14.5 Å². The van der Waals surface area contributed by atoms with Gasteiger partial charge in [0, 0.05) is 19.6 Å². The van der Waals surface area contributed by atoms with Gasteiger partial charge in [-0.05, 0) is 18.4 Å². The van der Waals surface area contributed by atoms with E-state index in [0.717, 1.165) is 31.5 Å². The van der Waals surface area contributed by atoms with Crippen LogP contribution < -0.4 is 0 Å². The van der Waals surface area contributed by atoms with Crippen LogP contribution in [0.1, 0.15) is 18.4 Å². The van der Waals surface area contributed by atoms with Crippen LogP contribution in [0.5, 0.6) is 0 Å².